The van der Waals surface area contributed by atoms with Gasteiger partial charge in [0.1, 0.15) is 11.7 Å². The van der Waals surface area contributed by atoms with Crippen molar-refractivity contribution in [1.29, 1.82) is 0 Å². The molecular weight excluding hydrogens is 498 g/mol. The Morgan fingerprint density at radius 2 is 1.56 bits per heavy atom. The molecule has 0 aliphatic heterocycles. The average Bonchev–Trinajstić information content (AvgIpc) is 2.90. The quantitative estimate of drug-likeness (QED) is 0.224. The molecule has 10 nitrogen and oxygen atoms in total. The summed E-state index contributed by atoms with van der Waals surface area (Å²) < 4.78 is 0. The topological polar surface area (TPSA) is 144 Å². The summed E-state index contributed by atoms with van der Waals surface area (Å²) in [7, 11) is 0. The summed E-state index contributed by atoms with van der Waals surface area (Å²) in [6.45, 7) is 7.16. The number of hydrogen-bond donors (Lipinski definition) is 5. The summed E-state index contributed by atoms with van der Waals surface area (Å²) in [4.78, 5) is 42.2. The van der Waals surface area contributed by atoms with Crippen LogP contribution in [-0.4, -0.2) is 68.9 Å². The predicted octanol–water partition coefficient (Wildman–Crippen LogP) is 2.97. The van der Waals surface area contributed by atoms with Crippen LogP contribution in [-0.2, 0) is 11.2 Å². The Morgan fingerprint density at radius 1 is 0.897 bits per heavy atom. The van der Waals surface area contributed by atoms with Crippen LogP contribution in [0.15, 0.2) is 66.7 Å². The number of nitrogens with zero attached hydrogens (tertiary/aromatic N) is 2. The summed E-state index contributed by atoms with van der Waals surface area (Å²) in [6, 6.07) is 18.3. The zero-order chi connectivity index (χ0) is 28.5. The van der Waals surface area contributed by atoms with Gasteiger partial charge in [0.25, 0.3) is 5.91 Å². The zero-order valence-electron chi connectivity index (χ0n) is 22.7. The molecule has 208 valence electrons. The van der Waals surface area contributed by atoms with Crippen LogP contribution in [0.2, 0.25) is 0 Å². The number of hydrogen-bond acceptors (Lipinski definition) is 6. The van der Waals surface area contributed by atoms with E-state index in [1.807, 2.05) is 68.4 Å². The minimum absolute atomic E-state index is 0.0541. The van der Waals surface area contributed by atoms with Crippen LogP contribution in [0.25, 0.3) is 10.9 Å². The highest BCUT2D eigenvalue weighted by Gasteiger charge is 2.31. The van der Waals surface area contributed by atoms with Crippen molar-refractivity contribution in [3.8, 4) is 0 Å². The molecule has 0 radical (unpaired) electrons. The number of carbonyl (C=O) groups excluding carboxylic acids is 2. The van der Waals surface area contributed by atoms with Crippen LogP contribution >= 0.6 is 0 Å². The number of hydrazine groups is 1. The van der Waals surface area contributed by atoms with Crippen molar-refractivity contribution in [2.45, 2.75) is 58.3 Å². The first-order chi connectivity index (χ1) is 18.5. The van der Waals surface area contributed by atoms with Crippen LogP contribution in [0.4, 0.5) is 4.79 Å². The summed E-state index contributed by atoms with van der Waals surface area (Å²) in [5.41, 5.74) is 4.04. The van der Waals surface area contributed by atoms with Crippen LogP contribution in [0.1, 0.15) is 43.7 Å². The standard InChI is InChI=1S/C29H37N5O5/c1-18(2)26(32-27(36)23-15-14-21-12-8-9-13-22(21)30-23)28(37)31-24(16-20-10-6-5-7-11-20)25(35)17-34(19(3)4)33-29(38)39/h5-15,18-19,24-26,33,35H,16-17H2,1-4H3,(H,31,37)(H,32,36)(H,38,39)/t24-,25+,26-/m0/s1. The highest BCUT2D eigenvalue weighted by Crippen LogP contribution is 2.14. The molecule has 3 rings (SSSR count). The fraction of sp³-hybridized carbons (Fsp3) is 0.379. The predicted molar refractivity (Wildman–Crippen MR) is 149 cm³/mol. The number of amides is 3. The van der Waals surface area contributed by atoms with Gasteiger partial charge in [0.05, 0.1) is 17.7 Å². The van der Waals surface area contributed by atoms with Crippen LogP contribution < -0.4 is 16.1 Å². The zero-order valence-corrected chi connectivity index (χ0v) is 22.7. The minimum atomic E-state index is -1.25. The van der Waals surface area contributed by atoms with Crippen molar-refractivity contribution in [3.63, 3.8) is 0 Å². The monoisotopic (exact) mass is 535 g/mol. The molecule has 0 aliphatic rings. The maximum absolute atomic E-state index is 13.5. The molecule has 3 aromatic rings. The molecule has 0 fully saturated rings. The van der Waals surface area contributed by atoms with Gasteiger partial charge >= 0.3 is 6.09 Å². The first kappa shape index (κ1) is 29.5. The first-order valence-corrected chi connectivity index (χ1v) is 13.0. The lowest BCUT2D eigenvalue weighted by molar-refractivity contribution is -0.125. The van der Waals surface area contributed by atoms with Crippen LogP contribution in [0, 0.1) is 5.92 Å². The van der Waals surface area contributed by atoms with E-state index >= 15 is 0 Å². The maximum atomic E-state index is 13.5. The third-order valence-corrected chi connectivity index (χ3v) is 6.40. The molecule has 0 saturated carbocycles. The van der Waals surface area contributed by atoms with E-state index in [1.165, 1.54) is 5.01 Å². The highest BCUT2D eigenvalue weighted by atomic mass is 16.4. The molecule has 0 unspecified atom stereocenters. The molecule has 10 heteroatoms. The number of carbonyl (C=O) groups is 3. The van der Waals surface area contributed by atoms with E-state index in [2.05, 4.69) is 21.0 Å². The number of carboxylic acid groups (broad SMARTS) is 1. The molecule has 3 amide bonds. The van der Waals surface area contributed by atoms with Gasteiger partial charge in [-0.3, -0.25) is 15.0 Å². The minimum Gasteiger partial charge on any atom is -0.464 e. The van der Waals surface area contributed by atoms with Gasteiger partial charge in [-0.1, -0.05) is 68.4 Å². The number of pyridine rings is 1. The van der Waals surface area contributed by atoms with E-state index in [0.717, 1.165) is 10.9 Å². The largest absolute Gasteiger partial charge is 0.464 e. The highest BCUT2D eigenvalue weighted by molar-refractivity contribution is 5.98. The molecule has 2 aromatic carbocycles. The second-order valence-corrected chi connectivity index (χ2v) is 10.1. The van der Waals surface area contributed by atoms with Gasteiger partial charge < -0.3 is 20.8 Å². The van der Waals surface area contributed by atoms with E-state index in [0.29, 0.717) is 11.9 Å². The van der Waals surface area contributed by atoms with Crippen LogP contribution in [0.5, 0.6) is 0 Å². The van der Waals surface area contributed by atoms with Crippen molar-refractivity contribution in [3.05, 3.63) is 78.0 Å². The molecule has 5 N–H and O–H groups in total. The van der Waals surface area contributed by atoms with Gasteiger partial charge in [0.15, 0.2) is 0 Å². The molecule has 39 heavy (non-hydrogen) atoms. The number of nitrogens with one attached hydrogen (secondary N) is 3. The van der Waals surface area contributed by atoms with E-state index in [-0.39, 0.29) is 24.2 Å². The van der Waals surface area contributed by atoms with Crippen molar-refractivity contribution in [1.82, 2.24) is 26.1 Å². The Morgan fingerprint density at radius 3 is 2.21 bits per heavy atom. The number of rotatable bonds is 12. The van der Waals surface area contributed by atoms with Crippen molar-refractivity contribution in [2.75, 3.05) is 6.54 Å². The Kier molecular flexibility index (Phi) is 10.4. The van der Waals surface area contributed by atoms with Gasteiger partial charge in [-0.15, -0.1) is 0 Å². The number of aliphatic hydroxyl groups excluding tert-OH is 1. The fourth-order valence-electron chi connectivity index (χ4n) is 4.20. The van der Waals surface area contributed by atoms with Crippen LogP contribution in [0.3, 0.4) is 0 Å². The maximum Gasteiger partial charge on any atom is 0.419 e. The Labute approximate surface area is 228 Å². The van der Waals surface area contributed by atoms with Crippen molar-refractivity contribution >= 4 is 28.8 Å². The lowest BCUT2D eigenvalue weighted by atomic mass is 9.98. The third kappa shape index (κ3) is 8.49. The average molecular weight is 536 g/mol. The number of aromatic nitrogens is 1. The Balaban J connectivity index is 1.79. The Bertz CT molecular complexity index is 1270. The van der Waals surface area contributed by atoms with E-state index in [1.54, 1.807) is 26.0 Å². The smallest absolute Gasteiger partial charge is 0.419 e. The molecule has 0 saturated heterocycles. The summed E-state index contributed by atoms with van der Waals surface area (Å²) in [5.74, 6) is -1.20. The van der Waals surface area contributed by atoms with E-state index < -0.39 is 36.1 Å². The first-order valence-electron chi connectivity index (χ1n) is 13.0. The second-order valence-electron chi connectivity index (χ2n) is 10.1. The summed E-state index contributed by atoms with van der Waals surface area (Å²) in [5, 5.41) is 28.3. The number of benzene rings is 2. The summed E-state index contributed by atoms with van der Waals surface area (Å²) in [6.07, 6.45) is -2.06. The lowest BCUT2D eigenvalue weighted by Crippen LogP contribution is -2.58. The van der Waals surface area contributed by atoms with Crippen molar-refractivity contribution in [2.24, 2.45) is 5.92 Å². The molecule has 0 aliphatic carbocycles. The third-order valence-electron chi connectivity index (χ3n) is 6.40. The number of fused-ring (bicyclic) bond motifs is 1. The van der Waals surface area contributed by atoms with E-state index in [4.69, 9.17) is 0 Å². The summed E-state index contributed by atoms with van der Waals surface area (Å²) >= 11 is 0. The molecule has 1 aromatic heterocycles. The van der Waals surface area contributed by atoms with Gasteiger partial charge in [0, 0.05) is 18.0 Å². The van der Waals surface area contributed by atoms with E-state index in [9.17, 15) is 24.6 Å². The lowest BCUT2D eigenvalue weighted by Gasteiger charge is -2.33. The SMILES string of the molecule is CC(C)[C@H](NC(=O)c1ccc2ccccc2n1)C(=O)N[C@@H](Cc1ccccc1)[C@H](O)CN(NC(=O)O)C(C)C. The van der Waals surface area contributed by atoms with Gasteiger partial charge in [-0.25, -0.2) is 14.8 Å². The van der Waals surface area contributed by atoms with Gasteiger partial charge in [0.2, 0.25) is 5.91 Å². The molecule has 0 bridgehead atoms. The fourth-order valence-corrected chi connectivity index (χ4v) is 4.20. The normalized spacial score (nSPS) is 13.7. The van der Waals surface area contributed by atoms with Crippen molar-refractivity contribution < 1.29 is 24.6 Å². The molecule has 1 heterocycles. The Hall–Kier alpha value is -4.02. The van der Waals surface area contributed by atoms with Gasteiger partial charge in [-0.2, -0.15) is 0 Å². The number of para-hydroxylation sites is 1. The molecular formula is C29H37N5O5. The molecule has 3 atom stereocenters. The number of aliphatic hydroxyl groups is 1. The second kappa shape index (κ2) is 13.7. The molecule has 0 spiro atoms. The van der Waals surface area contributed by atoms with Gasteiger partial charge in [-0.05, 0) is 43.9 Å².